The molecule has 0 radical (unpaired) electrons. The van der Waals surface area contributed by atoms with Gasteiger partial charge in [-0.2, -0.15) is 13.2 Å². The molecule has 0 aromatic carbocycles. The molecule has 0 aliphatic heterocycles. The van der Waals surface area contributed by atoms with Gasteiger partial charge in [-0.15, -0.1) is 0 Å². The van der Waals surface area contributed by atoms with E-state index >= 15 is 0 Å². The van der Waals surface area contributed by atoms with Crippen LogP contribution >= 0.6 is 0 Å². The van der Waals surface area contributed by atoms with Crippen molar-refractivity contribution in [3.63, 3.8) is 0 Å². The second kappa shape index (κ2) is 8.01. The number of rotatable bonds is 6. The number of carbonyl (C=O) groups is 1. The Morgan fingerprint density at radius 3 is 2.23 bits per heavy atom. The van der Waals surface area contributed by atoms with Gasteiger partial charge in [-0.05, 0) is 44.9 Å². The number of carboxylic acid groups (broad SMARTS) is 1. The van der Waals surface area contributed by atoms with Gasteiger partial charge in [0, 0.05) is 29.6 Å². The number of alkyl halides is 3. The highest BCUT2D eigenvalue weighted by Crippen LogP contribution is 2.31. The van der Waals surface area contributed by atoms with Crippen molar-refractivity contribution < 1.29 is 27.8 Å². The number of H-pyrrole nitrogens is 1. The van der Waals surface area contributed by atoms with E-state index in [0.29, 0.717) is 22.7 Å². The van der Waals surface area contributed by atoms with Gasteiger partial charge >= 0.3 is 12.1 Å². The summed E-state index contributed by atoms with van der Waals surface area (Å²) in [6, 6.07) is 3.42. The maximum Gasteiger partial charge on any atom is 0.432 e. The number of hydrogen-bond acceptors (Lipinski definition) is 5. The first-order valence-corrected chi connectivity index (χ1v) is 9.31. The molecule has 0 fully saturated rings. The maximum atomic E-state index is 12.8. The summed E-state index contributed by atoms with van der Waals surface area (Å²) in [4.78, 5) is 25.9. The van der Waals surface area contributed by atoms with E-state index in [1.807, 2.05) is 6.92 Å². The fraction of sp³-hybridized carbons (Fsp3) is 0.333. The molecule has 3 heterocycles. The van der Waals surface area contributed by atoms with Crippen LogP contribution in [0.25, 0.3) is 22.6 Å². The van der Waals surface area contributed by atoms with Gasteiger partial charge in [0.05, 0.1) is 17.3 Å². The lowest BCUT2D eigenvalue weighted by Crippen LogP contribution is -2.30. The Balaban J connectivity index is 1.83. The predicted octanol–water partition coefficient (Wildman–Crippen LogP) is 4.66. The van der Waals surface area contributed by atoms with Crippen LogP contribution < -0.4 is 4.74 Å². The molecule has 0 saturated carbocycles. The normalized spacial score (nSPS) is 12.1. The summed E-state index contributed by atoms with van der Waals surface area (Å²) in [5.41, 5.74) is 1.28. The Bertz CT molecular complexity index is 1120. The number of aryl methyl sites for hydroxylation is 2. The third-order valence-corrected chi connectivity index (χ3v) is 4.77. The van der Waals surface area contributed by atoms with Crippen LogP contribution in [0.15, 0.2) is 30.7 Å². The number of aliphatic carboxylic acids is 1. The molecule has 0 amide bonds. The molecule has 0 atom stereocenters. The van der Waals surface area contributed by atoms with Crippen molar-refractivity contribution in [2.75, 3.05) is 6.61 Å². The molecule has 7 nitrogen and oxygen atoms in total. The fourth-order valence-corrected chi connectivity index (χ4v) is 2.75. The average molecular weight is 434 g/mol. The number of pyridine rings is 2. The molecule has 31 heavy (non-hydrogen) atoms. The van der Waals surface area contributed by atoms with E-state index < -0.39 is 23.3 Å². The minimum absolute atomic E-state index is 0.0385. The minimum atomic E-state index is -4.50. The van der Waals surface area contributed by atoms with Crippen molar-refractivity contribution in [1.29, 1.82) is 0 Å². The van der Waals surface area contributed by atoms with E-state index in [4.69, 9.17) is 9.84 Å². The summed E-state index contributed by atoms with van der Waals surface area (Å²) in [5, 5.41) is 9.17. The number of nitrogens with zero attached hydrogens (tertiary/aromatic N) is 3. The Hall–Kier alpha value is -3.43. The van der Waals surface area contributed by atoms with Crippen molar-refractivity contribution >= 4 is 5.97 Å². The molecular weight excluding hydrogens is 413 g/mol. The van der Waals surface area contributed by atoms with Gasteiger partial charge in [-0.1, -0.05) is 0 Å². The lowest BCUT2D eigenvalue weighted by Gasteiger charge is -2.19. The van der Waals surface area contributed by atoms with Crippen LogP contribution in [0.1, 0.15) is 30.7 Å². The molecule has 0 aliphatic rings. The van der Waals surface area contributed by atoms with Crippen molar-refractivity contribution in [2.45, 2.75) is 33.9 Å². The highest BCUT2D eigenvalue weighted by atomic mass is 19.4. The number of carboxylic acids is 1. The van der Waals surface area contributed by atoms with Crippen LogP contribution in [0.3, 0.4) is 0 Å². The molecular formula is C21H21F3N4O3. The Morgan fingerprint density at radius 2 is 1.68 bits per heavy atom. The van der Waals surface area contributed by atoms with Crippen LogP contribution in [0.4, 0.5) is 13.2 Å². The zero-order chi connectivity index (χ0) is 23.0. The van der Waals surface area contributed by atoms with Crippen molar-refractivity contribution in [3.8, 4) is 28.5 Å². The number of halogens is 3. The molecule has 3 aromatic heterocycles. The summed E-state index contributed by atoms with van der Waals surface area (Å²) in [5.74, 6) is -0.595. The van der Waals surface area contributed by atoms with E-state index in [0.717, 1.165) is 17.3 Å². The highest BCUT2D eigenvalue weighted by molar-refractivity contribution is 5.73. The van der Waals surface area contributed by atoms with E-state index in [1.165, 1.54) is 6.20 Å². The molecule has 10 heteroatoms. The second-order valence-corrected chi connectivity index (χ2v) is 7.84. The smallest absolute Gasteiger partial charge is 0.432 e. The first kappa shape index (κ1) is 22.3. The number of aromatic amines is 1. The summed E-state index contributed by atoms with van der Waals surface area (Å²) in [6.45, 7) is 6.66. The molecule has 0 spiro atoms. The molecule has 0 saturated heterocycles. The third kappa shape index (κ3) is 4.84. The van der Waals surface area contributed by atoms with Crippen molar-refractivity contribution in [3.05, 3.63) is 47.5 Å². The minimum Gasteiger partial charge on any atom is -0.481 e. The van der Waals surface area contributed by atoms with Gasteiger partial charge in [0.1, 0.15) is 18.1 Å². The van der Waals surface area contributed by atoms with Gasteiger partial charge in [0.25, 0.3) is 0 Å². The summed E-state index contributed by atoms with van der Waals surface area (Å²) < 4.78 is 43.9. The van der Waals surface area contributed by atoms with Crippen LogP contribution in [-0.2, 0) is 11.0 Å². The Labute approximate surface area is 176 Å². The van der Waals surface area contributed by atoms with E-state index in [2.05, 4.69) is 19.9 Å². The van der Waals surface area contributed by atoms with Gasteiger partial charge in [-0.3, -0.25) is 9.78 Å². The molecule has 0 bridgehead atoms. The van der Waals surface area contributed by atoms with Gasteiger partial charge < -0.3 is 14.8 Å². The number of nitrogens with one attached hydrogen (secondary N) is 1. The van der Waals surface area contributed by atoms with Gasteiger partial charge in [0.15, 0.2) is 0 Å². The highest BCUT2D eigenvalue weighted by Gasteiger charge is 2.33. The number of aromatic nitrogens is 4. The molecule has 164 valence electrons. The molecule has 0 unspecified atom stereocenters. The zero-order valence-electron chi connectivity index (χ0n) is 17.3. The molecule has 3 rings (SSSR count). The monoisotopic (exact) mass is 434 g/mol. The molecule has 2 N–H and O–H groups in total. The predicted molar refractivity (Wildman–Crippen MR) is 106 cm³/mol. The average Bonchev–Trinajstić information content (AvgIpc) is 3.16. The Morgan fingerprint density at radius 1 is 1.03 bits per heavy atom. The van der Waals surface area contributed by atoms with E-state index in [9.17, 15) is 18.0 Å². The SMILES string of the molecule is Cc1cc(OCC(C)(C)C(=O)O)ncc1-c1cc(C)c(-c2ncc(C(F)(F)F)[nH]2)cn1. The lowest BCUT2D eigenvalue weighted by atomic mass is 9.95. The first-order valence-electron chi connectivity index (χ1n) is 9.31. The number of hydrogen-bond donors (Lipinski definition) is 2. The fourth-order valence-electron chi connectivity index (χ4n) is 2.75. The van der Waals surface area contributed by atoms with Gasteiger partial charge in [-0.25, -0.2) is 9.97 Å². The lowest BCUT2D eigenvalue weighted by molar-refractivity contribution is -0.148. The van der Waals surface area contributed by atoms with Crippen LogP contribution in [0.2, 0.25) is 0 Å². The first-order chi connectivity index (χ1) is 14.4. The zero-order valence-corrected chi connectivity index (χ0v) is 17.3. The largest absolute Gasteiger partial charge is 0.481 e. The number of imidazole rings is 1. The molecule has 0 aliphatic carbocycles. The van der Waals surface area contributed by atoms with Crippen LogP contribution in [0.5, 0.6) is 5.88 Å². The summed E-state index contributed by atoms with van der Waals surface area (Å²) in [7, 11) is 0. The summed E-state index contributed by atoms with van der Waals surface area (Å²) >= 11 is 0. The standard InChI is InChI=1S/C21H21F3N4O3/c1-11-5-15(25-8-14(11)18-27-9-16(28-18)21(22,23)24)13-7-26-17(6-12(13)2)31-10-20(3,4)19(29)30/h5-9H,10H2,1-4H3,(H,27,28)(H,29,30). The van der Waals surface area contributed by atoms with E-state index in [1.54, 1.807) is 39.1 Å². The maximum absolute atomic E-state index is 12.8. The second-order valence-electron chi connectivity index (χ2n) is 7.84. The van der Waals surface area contributed by atoms with Crippen LogP contribution in [-0.4, -0.2) is 37.6 Å². The van der Waals surface area contributed by atoms with Crippen molar-refractivity contribution in [2.24, 2.45) is 5.41 Å². The van der Waals surface area contributed by atoms with Crippen molar-refractivity contribution in [1.82, 2.24) is 19.9 Å². The molecule has 3 aromatic rings. The number of ether oxygens (including phenoxy) is 1. The Kier molecular flexibility index (Phi) is 5.75. The van der Waals surface area contributed by atoms with E-state index in [-0.39, 0.29) is 12.4 Å². The van der Waals surface area contributed by atoms with Crippen LogP contribution in [0, 0.1) is 19.3 Å². The topological polar surface area (TPSA) is 101 Å². The quantitative estimate of drug-likeness (QED) is 0.585. The summed E-state index contributed by atoms with van der Waals surface area (Å²) in [6.07, 6.45) is -0.725. The van der Waals surface area contributed by atoms with Gasteiger partial charge in [0.2, 0.25) is 5.88 Å². The third-order valence-electron chi connectivity index (χ3n) is 4.77.